The Morgan fingerprint density at radius 1 is 1.26 bits per heavy atom. The van der Waals surface area contributed by atoms with Crippen molar-refractivity contribution in [2.24, 2.45) is 0 Å². The Morgan fingerprint density at radius 3 is 2.77 bits per heavy atom. The van der Waals surface area contributed by atoms with Crippen LogP contribution in [0.25, 0.3) is 0 Å². The minimum atomic E-state index is -0.252. The van der Waals surface area contributed by atoms with Gasteiger partial charge in [0.15, 0.2) is 18.1 Å². The number of rotatable bonds is 6. The number of fused-ring (bicyclic) bond motifs is 1. The minimum absolute atomic E-state index is 0.0359. The highest BCUT2D eigenvalue weighted by Gasteiger charge is 2.32. The van der Waals surface area contributed by atoms with Crippen LogP contribution in [0.2, 0.25) is 0 Å². The van der Waals surface area contributed by atoms with Crippen molar-refractivity contribution >= 4 is 5.91 Å². The van der Waals surface area contributed by atoms with Crippen LogP contribution in [0.1, 0.15) is 50.7 Å². The van der Waals surface area contributed by atoms with E-state index in [2.05, 4.69) is 10.3 Å². The van der Waals surface area contributed by atoms with Crippen LogP contribution in [-0.2, 0) is 11.2 Å². The number of nitrogens with zero attached hydrogens (tertiary/aromatic N) is 2. The van der Waals surface area contributed by atoms with Gasteiger partial charge in [0.25, 0.3) is 5.91 Å². The van der Waals surface area contributed by atoms with E-state index >= 15 is 0 Å². The van der Waals surface area contributed by atoms with Crippen molar-refractivity contribution in [2.75, 3.05) is 6.61 Å². The molecule has 2 heterocycles. The van der Waals surface area contributed by atoms with Crippen molar-refractivity contribution in [1.29, 1.82) is 5.26 Å². The summed E-state index contributed by atoms with van der Waals surface area (Å²) < 4.78 is 17.7. The molecule has 1 aromatic heterocycles. The maximum atomic E-state index is 12.4. The van der Waals surface area contributed by atoms with Crippen LogP contribution in [0.3, 0.4) is 0 Å². The highest BCUT2D eigenvalue weighted by atomic mass is 16.5. The number of nitrogens with one attached hydrogen (secondary N) is 1. The van der Waals surface area contributed by atoms with Crippen LogP contribution in [-0.4, -0.2) is 35.2 Å². The van der Waals surface area contributed by atoms with Gasteiger partial charge in [-0.1, -0.05) is 12.1 Å². The number of hydrogen-bond donors (Lipinski definition) is 1. The Labute approximate surface area is 182 Å². The zero-order valence-corrected chi connectivity index (χ0v) is 17.9. The molecule has 1 aliphatic heterocycles. The van der Waals surface area contributed by atoms with E-state index < -0.39 is 0 Å². The number of ether oxygens (including phenoxy) is 3. The second kappa shape index (κ2) is 8.84. The van der Waals surface area contributed by atoms with Crippen LogP contribution in [0.15, 0.2) is 36.5 Å². The summed E-state index contributed by atoms with van der Waals surface area (Å²) in [6, 6.07) is 11.4. The monoisotopic (exact) mass is 421 g/mol. The van der Waals surface area contributed by atoms with Crippen molar-refractivity contribution in [3.05, 3.63) is 47.7 Å². The van der Waals surface area contributed by atoms with Crippen molar-refractivity contribution in [2.45, 2.75) is 63.7 Å². The van der Waals surface area contributed by atoms with E-state index in [-0.39, 0.29) is 30.3 Å². The van der Waals surface area contributed by atoms with Gasteiger partial charge in [-0.25, -0.2) is 4.98 Å². The Morgan fingerprint density at radius 2 is 2.06 bits per heavy atom. The van der Waals surface area contributed by atoms with Gasteiger partial charge in [-0.3, -0.25) is 4.79 Å². The Balaban J connectivity index is 1.21. The standard InChI is InChI=1S/C24H27N3O4/c1-24(2)12-17-4-3-5-20(23(17)31-24)29-15-21(28)27-18-7-9-19(10-8-18)30-22-11-6-16(13-25)14-26-22/h3-6,11,14,18-19H,7-10,12,15H2,1-2H3,(H,27,28). The molecule has 1 amide bonds. The zero-order valence-electron chi connectivity index (χ0n) is 17.9. The van der Waals surface area contributed by atoms with Crippen molar-refractivity contribution < 1.29 is 19.0 Å². The Kier molecular flexibility index (Phi) is 5.99. The number of carbonyl (C=O) groups excluding carboxylic acids is 1. The SMILES string of the molecule is CC1(C)Cc2cccc(OCC(=O)NC3CCC(Oc4ccc(C#N)cn4)CC3)c2O1. The average Bonchev–Trinajstić information content (AvgIpc) is 3.08. The van der Waals surface area contributed by atoms with Gasteiger partial charge in [0.1, 0.15) is 17.8 Å². The van der Waals surface area contributed by atoms with Gasteiger partial charge >= 0.3 is 0 Å². The summed E-state index contributed by atoms with van der Waals surface area (Å²) in [7, 11) is 0. The third-order valence-electron chi connectivity index (χ3n) is 5.61. The number of nitriles is 1. The fourth-order valence-corrected chi connectivity index (χ4v) is 4.13. The van der Waals surface area contributed by atoms with E-state index in [1.54, 1.807) is 12.1 Å². The molecular weight excluding hydrogens is 394 g/mol. The molecule has 1 N–H and O–H groups in total. The van der Waals surface area contributed by atoms with E-state index in [4.69, 9.17) is 19.5 Å². The number of pyridine rings is 1. The number of aromatic nitrogens is 1. The highest BCUT2D eigenvalue weighted by Crippen LogP contribution is 2.41. The summed E-state index contributed by atoms with van der Waals surface area (Å²) in [4.78, 5) is 16.6. The molecule has 7 nitrogen and oxygen atoms in total. The lowest BCUT2D eigenvalue weighted by Gasteiger charge is -2.29. The van der Waals surface area contributed by atoms with Crippen LogP contribution in [0, 0.1) is 11.3 Å². The van der Waals surface area contributed by atoms with E-state index in [0.717, 1.165) is 43.4 Å². The first kappa shape index (κ1) is 21.0. The first-order chi connectivity index (χ1) is 14.9. The smallest absolute Gasteiger partial charge is 0.258 e. The number of hydrogen-bond acceptors (Lipinski definition) is 6. The quantitative estimate of drug-likeness (QED) is 0.767. The van der Waals surface area contributed by atoms with Gasteiger partial charge in [0.05, 0.1) is 5.56 Å². The van der Waals surface area contributed by atoms with Gasteiger partial charge in [0.2, 0.25) is 5.88 Å². The van der Waals surface area contributed by atoms with Gasteiger partial charge in [0, 0.05) is 30.3 Å². The molecule has 4 rings (SSSR count). The molecule has 0 unspecified atom stereocenters. The molecule has 0 spiro atoms. The maximum absolute atomic E-state index is 12.4. The average molecular weight is 421 g/mol. The zero-order chi connectivity index (χ0) is 21.8. The summed E-state index contributed by atoms with van der Waals surface area (Å²) in [6.45, 7) is 4.05. The van der Waals surface area contributed by atoms with E-state index in [1.807, 2.05) is 38.1 Å². The number of carbonyl (C=O) groups is 1. The van der Waals surface area contributed by atoms with Crippen molar-refractivity contribution in [1.82, 2.24) is 10.3 Å². The third kappa shape index (κ3) is 5.26. The van der Waals surface area contributed by atoms with Crippen molar-refractivity contribution in [3.63, 3.8) is 0 Å². The second-order valence-corrected chi connectivity index (χ2v) is 8.73. The molecule has 0 radical (unpaired) electrons. The second-order valence-electron chi connectivity index (χ2n) is 8.73. The number of benzene rings is 1. The lowest BCUT2D eigenvalue weighted by molar-refractivity contribution is -0.124. The van der Waals surface area contributed by atoms with Crippen LogP contribution in [0.5, 0.6) is 17.4 Å². The molecule has 1 aliphatic carbocycles. The summed E-state index contributed by atoms with van der Waals surface area (Å²) >= 11 is 0. The summed E-state index contributed by atoms with van der Waals surface area (Å²) in [5, 5.41) is 11.9. The van der Waals surface area contributed by atoms with E-state index in [0.29, 0.717) is 17.2 Å². The molecule has 2 aliphatic rings. The molecule has 31 heavy (non-hydrogen) atoms. The van der Waals surface area contributed by atoms with Crippen LogP contribution < -0.4 is 19.5 Å². The van der Waals surface area contributed by atoms with Gasteiger partial charge in [-0.15, -0.1) is 0 Å². The molecule has 162 valence electrons. The number of para-hydroxylation sites is 1. The number of amides is 1. The lowest BCUT2D eigenvalue weighted by atomic mass is 9.93. The molecule has 7 heteroatoms. The Bertz CT molecular complexity index is 973. The molecule has 0 atom stereocenters. The van der Waals surface area contributed by atoms with Crippen LogP contribution >= 0.6 is 0 Å². The first-order valence-electron chi connectivity index (χ1n) is 10.7. The molecule has 0 saturated heterocycles. The molecule has 2 aromatic rings. The first-order valence-corrected chi connectivity index (χ1v) is 10.7. The molecule has 1 aromatic carbocycles. The van der Waals surface area contributed by atoms with Gasteiger partial charge in [-0.2, -0.15) is 5.26 Å². The van der Waals surface area contributed by atoms with Crippen molar-refractivity contribution in [3.8, 4) is 23.4 Å². The Hall–Kier alpha value is -3.27. The van der Waals surface area contributed by atoms with Crippen LogP contribution in [0.4, 0.5) is 0 Å². The highest BCUT2D eigenvalue weighted by molar-refractivity contribution is 5.78. The molecule has 0 bridgehead atoms. The molecule has 1 saturated carbocycles. The molecule has 1 fully saturated rings. The fraction of sp³-hybridized carbons (Fsp3) is 0.458. The van der Waals surface area contributed by atoms with E-state index in [1.165, 1.54) is 6.20 Å². The predicted molar refractivity (Wildman–Crippen MR) is 114 cm³/mol. The molecular formula is C24H27N3O4. The topological polar surface area (TPSA) is 93.5 Å². The normalized spacial score (nSPS) is 21.3. The van der Waals surface area contributed by atoms with Gasteiger partial charge < -0.3 is 19.5 Å². The minimum Gasteiger partial charge on any atom is -0.483 e. The summed E-state index contributed by atoms with van der Waals surface area (Å²) in [5.74, 6) is 1.76. The summed E-state index contributed by atoms with van der Waals surface area (Å²) in [5.41, 5.74) is 1.37. The largest absolute Gasteiger partial charge is 0.483 e. The van der Waals surface area contributed by atoms with E-state index in [9.17, 15) is 4.79 Å². The third-order valence-corrected chi connectivity index (χ3v) is 5.61. The predicted octanol–water partition coefficient (Wildman–Crippen LogP) is 3.55. The maximum Gasteiger partial charge on any atom is 0.258 e. The lowest BCUT2D eigenvalue weighted by Crippen LogP contribution is -2.41. The fourth-order valence-electron chi connectivity index (χ4n) is 4.13. The summed E-state index contributed by atoms with van der Waals surface area (Å²) in [6.07, 6.45) is 5.75. The van der Waals surface area contributed by atoms with Gasteiger partial charge in [-0.05, 0) is 51.7 Å².